The van der Waals surface area contributed by atoms with Crippen molar-refractivity contribution in [2.45, 2.75) is 44.2 Å². The van der Waals surface area contributed by atoms with E-state index in [9.17, 15) is 22.0 Å². The first-order valence-electron chi connectivity index (χ1n) is 11.3. The highest BCUT2D eigenvalue weighted by Crippen LogP contribution is 2.35. The topological polar surface area (TPSA) is 0 Å². The zero-order valence-electron chi connectivity index (χ0n) is 18.3. The van der Waals surface area contributed by atoms with E-state index in [-0.39, 0.29) is 10.8 Å². The summed E-state index contributed by atoms with van der Waals surface area (Å²) in [7, 11) is 0. The molecule has 172 valence electrons. The lowest BCUT2D eigenvalue weighted by Crippen LogP contribution is -2.04. The normalized spacial score (nSPS) is 14.9. The first-order valence-corrected chi connectivity index (χ1v) is 11.3. The molecule has 34 heavy (non-hydrogen) atoms. The van der Waals surface area contributed by atoms with Crippen LogP contribution in [0.2, 0.25) is 0 Å². The van der Waals surface area contributed by atoms with Gasteiger partial charge in [0.15, 0.2) is 0 Å². The van der Waals surface area contributed by atoms with Gasteiger partial charge in [-0.05, 0) is 69.8 Å². The molecule has 1 aliphatic rings. The fourth-order valence-corrected chi connectivity index (χ4v) is 4.89. The molecule has 1 fully saturated rings. The number of hydrogen-bond acceptors (Lipinski definition) is 0. The smallest absolute Gasteiger partial charge is 0.205 e. The molecular formula is C29H21F5. The van der Waals surface area contributed by atoms with Crippen molar-refractivity contribution in [1.82, 2.24) is 0 Å². The standard InChI is InChI=1S/C29H21F5/c30-27-17-24-16-23(10-11-25(24)28(31)26(27)12-13-29(32,33)34)22-9-8-20-14-19(6-7-21(20)15-22)18-4-2-1-3-5-18/h6-11,14-18H,1-5H2. The van der Waals surface area contributed by atoms with Gasteiger partial charge in [-0.15, -0.1) is 0 Å². The molecular weight excluding hydrogens is 443 g/mol. The zero-order valence-corrected chi connectivity index (χ0v) is 18.3. The van der Waals surface area contributed by atoms with E-state index in [0.29, 0.717) is 5.92 Å². The van der Waals surface area contributed by atoms with Gasteiger partial charge in [0.05, 0.1) is 5.56 Å². The van der Waals surface area contributed by atoms with Gasteiger partial charge in [0, 0.05) is 11.3 Å². The maximum absolute atomic E-state index is 14.7. The molecule has 0 unspecified atom stereocenters. The lowest BCUT2D eigenvalue weighted by atomic mass is 9.83. The minimum Gasteiger partial charge on any atom is -0.205 e. The highest BCUT2D eigenvalue weighted by atomic mass is 19.4. The van der Waals surface area contributed by atoms with Gasteiger partial charge in [0.1, 0.15) is 11.6 Å². The fourth-order valence-electron chi connectivity index (χ4n) is 4.89. The lowest BCUT2D eigenvalue weighted by Gasteiger charge is -2.22. The number of fused-ring (bicyclic) bond motifs is 2. The molecule has 5 rings (SSSR count). The number of rotatable bonds is 2. The Bertz CT molecular complexity index is 1450. The highest BCUT2D eigenvalue weighted by molar-refractivity contribution is 5.92. The number of benzene rings is 4. The van der Waals surface area contributed by atoms with Crippen LogP contribution in [0.15, 0.2) is 60.7 Å². The predicted molar refractivity (Wildman–Crippen MR) is 126 cm³/mol. The van der Waals surface area contributed by atoms with Crippen molar-refractivity contribution in [3.63, 3.8) is 0 Å². The molecule has 0 amide bonds. The van der Waals surface area contributed by atoms with Crippen LogP contribution >= 0.6 is 0 Å². The molecule has 1 aliphatic carbocycles. The first kappa shape index (κ1) is 22.4. The molecule has 0 heterocycles. The van der Waals surface area contributed by atoms with Crippen LogP contribution in [-0.2, 0) is 0 Å². The largest absolute Gasteiger partial charge is 0.458 e. The van der Waals surface area contributed by atoms with Crippen LogP contribution in [0.25, 0.3) is 32.7 Å². The third-order valence-electron chi connectivity index (χ3n) is 6.63. The van der Waals surface area contributed by atoms with Gasteiger partial charge in [-0.25, -0.2) is 8.78 Å². The fraction of sp³-hybridized carbons (Fsp3) is 0.241. The maximum atomic E-state index is 14.7. The Balaban J connectivity index is 1.50. The molecule has 0 nitrogen and oxygen atoms in total. The SMILES string of the molecule is Fc1cc2cc(-c3ccc4cc(C5CCCCC5)ccc4c3)ccc2c(F)c1C#CC(F)(F)F. The molecule has 0 bridgehead atoms. The van der Waals surface area contributed by atoms with Crippen molar-refractivity contribution in [3.05, 3.63) is 83.4 Å². The van der Waals surface area contributed by atoms with Crippen molar-refractivity contribution >= 4 is 21.5 Å². The van der Waals surface area contributed by atoms with Gasteiger partial charge in [-0.1, -0.05) is 67.6 Å². The Morgan fingerprint density at radius 3 is 2.09 bits per heavy atom. The summed E-state index contributed by atoms with van der Waals surface area (Å²) in [5, 5.41) is 2.51. The highest BCUT2D eigenvalue weighted by Gasteiger charge is 2.24. The summed E-state index contributed by atoms with van der Waals surface area (Å²) in [6.45, 7) is 0. The molecule has 0 atom stereocenters. The van der Waals surface area contributed by atoms with Crippen molar-refractivity contribution in [1.29, 1.82) is 0 Å². The van der Waals surface area contributed by atoms with Crippen LogP contribution < -0.4 is 0 Å². The maximum Gasteiger partial charge on any atom is 0.458 e. The summed E-state index contributed by atoms with van der Waals surface area (Å²) in [6.07, 6.45) is 1.51. The summed E-state index contributed by atoms with van der Waals surface area (Å²) < 4.78 is 66.2. The zero-order chi connectivity index (χ0) is 23.9. The van der Waals surface area contributed by atoms with E-state index in [2.05, 4.69) is 24.3 Å². The Kier molecular flexibility index (Phi) is 5.77. The van der Waals surface area contributed by atoms with Crippen LogP contribution in [0.4, 0.5) is 22.0 Å². The number of halogens is 5. The Morgan fingerprint density at radius 2 is 1.35 bits per heavy atom. The van der Waals surface area contributed by atoms with E-state index >= 15 is 0 Å². The lowest BCUT2D eigenvalue weighted by molar-refractivity contribution is -0.0696. The molecule has 5 heteroatoms. The third kappa shape index (κ3) is 4.50. The quantitative estimate of drug-likeness (QED) is 0.205. The molecule has 0 N–H and O–H groups in total. The van der Waals surface area contributed by atoms with E-state index < -0.39 is 23.4 Å². The minimum absolute atomic E-state index is 0.0227. The Labute approximate surface area is 194 Å². The second-order valence-electron chi connectivity index (χ2n) is 8.89. The second-order valence-corrected chi connectivity index (χ2v) is 8.89. The molecule has 0 spiro atoms. The van der Waals surface area contributed by atoms with E-state index in [1.807, 2.05) is 12.1 Å². The molecule has 1 saturated carbocycles. The molecule has 0 aliphatic heterocycles. The summed E-state index contributed by atoms with van der Waals surface area (Å²) >= 11 is 0. The molecule has 0 radical (unpaired) electrons. The van der Waals surface area contributed by atoms with Crippen LogP contribution in [0, 0.1) is 23.5 Å². The summed E-state index contributed by atoms with van der Waals surface area (Å²) in [5.74, 6) is 0.927. The molecule has 0 saturated heterocycles. The van der Waals surface area contributed by atoms with E-state index in [1.165, 1.54) is 43.7 Å². The average molecular weight is 464 g/mol. The van der Waals surface area contributed by atoms with Crippen molar-refractivity contribution in [2.75, 3.05) is 0 Å². The van der Waals surface area contributed by atoms with Gasteiger partial charge >= 0.3 is 6.18 Å². The summed E-state index contributed by atoms with van der Waals surface area (Å²) in [4.78, 5) is 0. The monoisotopic (exact) mass is 464 g/mol. The molecule has 4 aromatic rings. The first-order chi connectivity index (χ1) is 16.3. The molecule has 0 aromatic heterocycles. The number of alkyl halides is 3. The second kappa shape index (κ2) is 8.76. The van der Waals surface area contributed by atoms with Gasteiger partial charge in [0.25, 0.3) is 0 Å². The Morgan fingerprint density at radius 1 is 0.706 bits per heavy atom. The van der Waals surface area contributed by atoms with Crippen LogP contribution in [0.5, 0.6) is 0 Å². The summed E-state index contributed by atoms with van der Waals surface area (Å²) in [6, 6.07) is 18.4. The molecule has 4 aromatic carbocycles. The van der Waals surface area contributed by atoms with Gasteiger partial charge in [-0.3, -0.25) is 0 Å². The van der Waals surface area contributed by atoms with Crippen molar-refractivity contribution in [3.8, 4) is 23.0 Å². The van der Waals surface area contributed by atoms with Crippen LogP contribution in [-0.4, -0.2) is 6.18 Å². The van der Waals surface area contributed by atoms with Gasteiger partial charge in [0.2, 0.25) is 0 Å². The third-order valence-corrected chi connectivity index (χ3v) is 6.63. The Hall–Kier alpha value is -3.39. The van der Waals surface area contributed by atoms with E-state index in [4.69, 9.17) is 0 Å². The van der Waals surface area contributed by atoms with Gasteiger partial charge < -0.3 is 0 Å². The minimum atomic E-state index is -4.83. The van der Waals surface area contributed by atoms with Gasteiger partial charge in [-0.2, -0.15) is 13.2 Å². The van der Waals surface area contributed by atoms with E-state index in [0.717, 1.165) is 33.9 Å². The van der Waals surface area contributed by atoms with Crippen LogP contribution in [0.3, 0.4) is 0 Å². The van der Waals surface area contributed by atoms with Crippen molar-refractivity contribution in [2.24, 2.45) is 0 Å². The van der Waals surface area contributed by atoms with Crippen molar-refractivity contribution < 1.29 is 22.0 Å². The predicted octanol–water partition coefficient (Wildman–Crippen LogP) is 8.90. The van der Waals surface area contributed by atoms with E-state index in [1.54, 1.807) is 18.1 Å². The summed E-state index contributed by atoms with van der Waals surface area (Å²) in [5.41, 5.74) is 2.15. The average Bonchev–Trinajstić information content (AvgIpc) is 2.82. The van der Waals surface area contributed by atoms with Crippen LogP contribution in [0.1, 0.15) is 49.1 Å². The number of hydrogen-bond donors (Lipinski definition) is 0.